The number of hydrogen-bond acceptors (Lipinski definition) is 4. The fraction of sp³-hybridized carbons (Fsp3) is 0.190. The molecule has 1 aromatic heterocycles. The zero-order valence-corrected chi connectivity index (χ0v) is 14.9. The molecule has 0 saturated carbocycles. The number of para-hydroxylation sites is 1. The van der Waals surface area contributed by atoms with E-state index < -0.39 is 0 Å². The van der Waals surface area contributed by atoms with Crippen molar-refractivity contribution >= 4 is 11.6 Å². The van der Waals surface area contributed by atoms with E-state index >= 15 is 0 Å². The Bertz CT molecular complexity index is 814. The predicted molar refractivity (Wildman–Crippen MR) is 101 cm³/mol. The topological polar surface area (TPSA) is 54.7 Å². The van der Waals surface area contributed by atoms with Crippen LogP contribution in [0.15, 0.2) is 77.4 Å². The van der Waals surface area contributed by atoms with Gasteiger partial charge >= 0.3 is 0 Å². The molecule has 0 saturated heterocycles. The van der Waals surface area contributed by atoms with Crippen LogP contribution in [-0.4, -0.2) is 19.5 Å². The van der Waals surface area contributed by atoms with E-state index in [9.17, 15) is 4.79 Å². The minimum Gasteiger partial charge on any atom is -0.467 e. The van der Waals surface area contributed by atoms with Gasteiger partial charge in [-0.05, 0) is 55.5 Å². The van der Waals surface area contributed by atoms with Crippen molar-refractivity contribution in [2.75, 3.05) is 18.5 Å². The molecule has 0 aliphatic carbocycles. The normalized spacial score (nSPS) is 11.6. The molecule has 3 rings (SSSR count). The Hall–Kier alpha value is -3.21. The average Bonchev–Trinajstić information content (AvgIpc) is 3.18. The molecule has 1 heterocycles. The van der Waals surface area contributed by atoms with Gasteiger partial charge in [-0.1, -0.05) is 18.2 Å². The van der Waals surface area contributed by atoms with Crippen LogP contribution < -0.4 is 15.0 Å². The van der Waals surface area contributed by atoms with Crippen molar-refractivity contribution in [2.24, 2.45) is 0 Å². The highest BCUT2D eigenvalue weighted by Crippen LogP contribution is 2.23. The molecule has 26 heavy (non-hydrogen) atoms. The fourth-order valence-corrected chi connectivity index (χ4v) is 2.60. The van der Waals surface area contributed by atoms with Gasteiger partial charge in [-0.15, -0.1) is 0 Å². The first kappa shape index (κ1) is 17.6. The van der Waals surface area contributed by atoms with E-state index in [0.29, 0.717) is 0 Å². The first-order chi connectivity index (χ1) is 12.6. The molecular formula is C21H22N2O3. The number of anilines is 1. The first-order valence-electron chi connectivity index (χ1n) is 8.48. The summed E-state index contributed by atoms with van der Waals surface area (Å²) >= 11 is 0. The van der Waals surface area contributed by atoms with Crippen LogP contribution in [0.2, 0.25) is 0 Å². The smallest absolute Gasteiger partial charge is 0.240 e. The Balaban J connectivity index is 1.54. The summed E-state index contributed by atoms with van der Waals surface area (Å²) in [4.78, 5) is 14.1. The van der Waals surface area contributed by atoms with E-state index in [-0.39, 0.29) is 18.5 Å². The Morgan fingerprint density at radius 2 is 1.73 bits per heavy atom. The third-order valence-corrected chi connectivity index (χ3v) is 3.98. The van der Waals surface area contributed by atoms with Crippen LogP contribution in [0.4, 0.5) is 5.69 Å². The lowest BCUT2D eigenvalue weighted by atomic mass is 10.2. The predicted octanol–water partition coefficient (Wildman–Crippen LogP) is 4.39. The number of likely N-dealkylation sites (N-methyl/N-ethyl adjacent to an activating group) is 1. The molecule has 1 amide bonds. The maximum Gasteiger partial charge on any atom is 0.240 e. The molecule has 0 spiro atoms. The molecule has 0 aliphatic heterocycles. The van der Waals surface area contributed by atoms with E-state index in [0.717, 1.165) is 22.9 Å². The Morgan fingerprint density at radius 3 is 2.38 bits per heavy atom. The highest BCUT2D eigenvalue weighted by atomic mass is 16.5. The van der Waals surface area contributed by atoms with Crippen LogP contribution in [0.25, 0.3) is 0 Å². The molecule has 5 heteroatoms. The lowest BCUT2D eigenvalue weighted by molar-refractivity contribution is -0.120. The molecule has 5 nitrogen and oxygen atoms in total. The van der Waals surface area contributed by atoms with Crippen LogP contribution in [0, 0.1) is 0 Å². The second-order valence-corrected chi connectivity index (χ2v) is 6.07. The van der Waals surface area contributed by atoms with Gasteiger partial charge in [0.05, 0.1) is 18.8 Å². The van der Waals surface area contributed by atoms with Gasteiger partial charge in [0.15, 0.2) is 0 Å². The number of rotatable bonds is 7. The lowest BCUT2D eigenvalue weighted by Crippen LogP contribution is -2.36. The summed E-state index contributed by atoms with van der Waals surface area (Å²) < 4.78 is 11.1. The molecule has 0 bridgehead atoms. The largest absolute Gasteiger partial charge is 0.467 e. The molecule has 134 valence electrons. The summed E-state index contributed by atoms with van der Waals surface area (Å²) in [6, 6.07) is 20.8. The molecule has 1 unspecified atom stereocenters. The molecule has 0 fully saturated rings. The third kappa shape index (κ3) is 4.66. The van der Waals surface area contributed by atoms with Gasteiger partial charge in [-0.25, -0.2) is 0 Å². The fourth-order valence-electron chi connectivity index (χ4n) is 2.60. The van der Waals surface area contributed by atoms with Crippen LogP contribution in [-0.2, 0) is 4.79 Å². The maximum absolute atomic E-state index is 12.2. The van der Waals surface area contributed by atoms with Gasteiger partial charge in [0.1, 0.15) is 17.3 Å². The van der Waals surface area contributed by atoms with Crippen molar-refractivity contribution in [3.8, 4) is 11.5 Å². The van der Waals surface area contributed by atoms with E-state index in [4.69, 9.17) is 9.15 Å². The summed E-state index contributed by atoms with van der Waals surface area (Å²) in [7, 11) is 1.88. The maximum atomic E-state index is 12.2. The van der Waals surface area contributed by atoms with E-state index in [1.807, 2.05) is 85.6 Å². The van der Waals surface area contributed by atoms with Crippen molar-refractivity contribution in [1.82, 2.24) is 5.32 Å². The minimum absolute atomic E-state index is 0.0685. The van der Waals surface area contributed by atoms with E-state index in [1.165, 1.54) is 0 Å². The number of hydrogen-bond donors (Lipinski definition) is 1. The number of amides is 1. The second kappa shape index (κ2) is 8.25. The van der Waals surface area contributed by atoms with Crippen LogP contribution in [0.5, 0.6) is 11.5 Å². The molecule has 3 aromatic rings. The molecule has 1 N–H and O–H groups in total. The lowest BCUT2D eigenvalue weighted by Gasteiger charge is -2.20. The number of carbonyl (C=O) groups excluding carboxylic acids is 1. The number of nitrogens with one attached hydrogen (secondary N) is 1. The summed E-state index contributed by atoms with van der Waals surface area (Å²) in [6.07, 6.45) is 1.60. The number of furan rings is 1. The van der Waals surface area contributed by atoms with E-state index in [2.05, 4.69) is 5.32 Å². The number of nitrogens with zero attached hydrogens (tertiary/aromatic N) is 1. The van der Waals surface area contributed by atoms with Gasteiger partial charge in [0, 0.05) is 12.7 Å². The van der Waals surface area contributed by atoms with Crippen molar-refractivity contribution in [3.05, 3.63) is 78.8 Å². The average molecular weight is 350 g/mol. The highest BCUT2D eigenvalue weighted by molar-refractivity contribution is 5.81. The first-order valence-corrected chi connectivity index (χ1v) is 8.48. The summed E-state index contributed by atoms with van der Waals surface area (Å²) in [5, 5.41) is 2.93. The van der Waals surface area contributed by atoms with Gasteiger partial charge in [-0.3, -0.25) is 4.79 Å². The van der Waals surface area contributed by atoms with Crippen LogP contribution in [0.1, 0.15) is 18.7 Å². The quantitative estimate of drug-likeness (QED) is 0.687. The molecular weight excluding hydrogens is 328 g/mol. The molecule has 0 aliphatic rings. The standard InChI is InChI=1S/C21H22N2O3/c1-16(20-9-6-14-25-20)22-21(24)15-23(2)17-10-12-19(13-11-17)26-18-7-4-3-5-8-18/h3-14,16H,15H2,1-2H3,(H,22,24). The van der Waals surface area contributed by atoms with Crippen molar-refractivity contribution in [1.29, 1.82) is 0 Å². The van der Waals surface area contributed by atoms with Gasteiger partial charge in [0.25, 0.3) is 0 Å². The number of carbonyl (C=O) groups is 1. The zero-order valence-electron chi connectivity index (χ0n) is 14.9. The SMILES string of the molecule is CC(NC(=O)CN(C)c1ccc(Oc2ccccc2)cc1)c1ccco1. The zero-order chi connectivity index (χ0) is 18.4. The summed E-state index contributed by atoms with van der Waals surface area (Å²) in [5.74, 6) is 2.22. The van der Waals surface area contributed by atoms with Crippen molar-refractivity contribution in [3.63, 3.8) is 0 Å². The van der Waals surface area contributed by atoms with Gasteiger partial charge < -0.3 is 19.4 Å². The van der Waals surface area contributed by atoms with Crippen molar-refractivity contribution in [2.45, 2.75) is 13.0 Å². The molecule has 2 aromatic carbocycles. The number of ether oxygens (including phenoxy) is 1. The Kier molecular flexibility index (Phi) is 5.59. The van der Waals surface area contributed by atoms with E-state index in [1.54, 1.807) is 6.26 Å². The minimum atomic E-state index is -0.160. The monoisotopic (exact) mass is 350 g/mol. The Morgan fingerprint density at radius 1 is 1.04 bits per heavy atom. The summed E-state index contributed by atoms with van der Waals surface area (Å²) in [5.41, 5.74) is 0.936. The third-order valence-electron chi connectivity index (χ3n) is 3.98. The number of benzene rings is 2. The van der Waals surface area contributed by atoms with Crippen LogP contribution >= 0.6 is 0 Å². The Labute approximate surface area is 153 Å². The molecule has 1 atom stereocenters. The van der Waals surface area contributed by atoms with Crippen LogP contribution in [0.3, 0.4) is 0 Å². The second-order valence-electron chi connectivity index (χ2n) is 6.07. The highest BCUT2D eigenvalue weighted by Gasteiger charge is 2.13. The molecule has 0 radical (unpaired) electrons. The van der Waals surface area contributed by atoms with Gasteiger partial charge in [0.2, 0.25) is 5.91 Å². The van der Waals surface area contributed by atoms with Gasteiger partial charge in [-0.2, -0.15) is 0 Å². The summed E-state index contributed by atoms with van der Waals surface area (Å²) in [6.45, 7) is 2.15. The van der Waals surface area contributed by atoms with Crippen molar-refractivity contribution < 1.29 is 13.9 Å².